The Balaban J connectivity index is 0.000000517. The highest BCUT2D eigenvalue weighted by molar-refractivity contribution is 5.21. The van der Waals surface area contributed by atoms with Crippen molar-refractivity contribution in [3.05, 3.63) is 136 Å². The summed E-state index contributed by atoms with van der Waals surface area (Å²) in [6, 6.07) is 10.6. The van der Waals surface area contributed by atoms with Crippen LogP contribution in [-0.4, -0.2) is 114 Å². The second-order valence-electron chi connectivity index (χ2n) is 26.3. The Hall–Kier alpha value is -5.75. The summed E-state index contributed by atoms with van der Waals surface area (Å²) in [6.45, 7) is 59.6. The molecule has 0 atom stereocenters. The molecule has 0 unspecified atom stereocenters. The molecule has 464 valence electrons. The van der Waals surface area contributed by atoms with Gasteiger partial charge in [0.1, 0.15) is 5.76 Å². The number of unbranched alkanes of at least 4 members (excludes halogenated alkanes) is 1. The van der Waals surface area contributed by atoms with E-state index in [2.05, 4.69) is 179 Å². The fourth-order valence-corrected chi connectivity index (χ4v) is 8.59. The average Bonchev–Trinajstić information content (AvgIpc) is 4.17. The molecule has 0 saturated heterocycles. The zero-order valence-electron chi connectivity index (χ0n) is 54.7. The van der Waals surface area contributed by atoms with Gasteiger partial charge in [0.15, 0.2) is 0 Å². The molecule has 5 aromatic rings. The van der Waals surface area contributed by atoms with Crippen LogP contribution >= 0.6 is 0 Å². The third-order valence-electron chi connectivity index (χ3n) is 12.4. The number of aryl methyl sites for hydroxylation is 6. The maximum Gasteiger partial charge on any atom is 0.108 e. The van der Waals surface area contributed by atoms with Crippen molar-refractivity contribution in [2.75, 3.05) is 39.6 Å². The molecule has 82 heavy (non-hydrogen) atoms. The first-order valence-electron chi connectivity index (χ1n) is 29.2. The van der Waals surface area contributed by atoms with Gasteiger partial charge in [0.2, 0.25) is 0 Å². The first-order chi connectivity index (χ1) is 37.8. The van der Waals surface area contributed by atoms with Gasteiger partial charge in [-0.3, -0.25) is 23.4 Å². The van der Waals surface area contributed by atoms with Crippen LogP contribution in [0.2, 0.25) is 0 Å². The van der Waals surface area contributed by atoms with Gasteiger partial charge in [-0.2, -0.15) is 25.5 Å². The van der Waals surface area contributed by atoms with Crippen LogP contribution in [0, 0.1) is 34.6 Å². The monoisotopic (exact) mass is 1140 g/mol. The van der Waals surface area contributed by atoms with E-state index in [1.807, 2.05) is 64.1 Å². The molecule has 5 heterocycles. The topological polar surface area (TPSA) is 209 Å². The van der Waals surface area contributed by atoms with Crippen molar-refractivity contribution in [1.29, 1.82) is 0 Å². The number of ether oxygens (including phenoxy) is 2. The van der Waals surface area contributed by atoms with Crippen LogP contribution in [0.4, 0.5) is 0 Å². The van der Waals surface area contributed by atoms with Crippen LogP contribution in [0.1, 0.15) is 199 Å². The summed E-state index contributed by atoms with van der Waals surface area (Å²) in [4.78, 5) is 0. The van der Waals surface area contributed by atoms with E-state index in [-0.39, 0.29) is 57.6 Å². The number of aliphatic hydroxyl groups excluding tert-OH is 5. The summed E-state index contributed by atoms with van der Waals surface area (Å²) in [6.07, 6.45) is 8.15. The highest BCUT2D eigenvalue weighted by Crippen LogP contribution is 2.27. The van der Waals surface area contributed by atoms with Gasteiger partial charge in [-0.15, -0.1) is 0 Å². The lowest BCUT2D eigenvalue weighted by Crippen LogP contribution is -2.20. The van der Waals surface area contributed by atoms with Crippen LogP contribution in [0.15, 0.2) is 79.5 Å². The van der Waals surface area contributed by atoms with Gasteiger partial charge >= 0.3 is 0 Å². The lowest BCUT2D eigenvalue weighted by atomic mass is 9.92. The largest absolute Gasteiger partial charge is 0.513 e. The number of hydrogen-bond acceptors (Lipinski definition) is 12. The summed E-state index contributed by atoms with van der Waals surface area (Å²) in [5.74, 6) is 0.550. The molecule has 0 radical (unpaired) electrons. The van der Waals surface area contributed by atoms with Crippen LogP contribution in [0.3, 0.4) is 0 Å². The molecule has 0 amide bonds. The lowest BCUT2D eigenvalue weighted by molar-refractivity contribution is 0.118. The van der Waals surface area contributed by atoms with E-state index in [1.54, 1.807) is 6.08 Å². The van der Waals surface area contributed by atoms with Gasteiger partial charge in [0.05, 0.1) is 86.0 Å². The predicted molar refractivity (Wildman–Crippen MR) is 336 cm³/mol. The molecule has 17 heteroatoms. The molecule has 0 bridgehead atoms. The van der Waals surface area contributed by atoms with Gasteiger partial charge in [0, 0.05) is 94.8 Å². The zero-order chi connectivity index (χ0) is 62.8. The average molecular weight is 1150 g/mol. The number of nitrogens with zero attached hydrogens (tertiary/aromatic N) is 10. The first-order valence-corrected chi connectivity index (χ1v) is 29.2. The van der Waals surface area contributed by atoms with E-state index in [9.17, 15) is 0 Å². The molecule has 0 spiro atoms. The summed E-state index contributed by atoms with van der Waals surface area (Å²) >= 11 is 0. The van der Waals surface area contributed by atoms with Gasteiger partial charge in [-0.1, -0.05) is 130 Å². The summed E-state index contributed by atoms with van der Waals surface area (Å²) < 4.78 is 21.1. The van der Waals surface area contributed by atoms with Gasteiger partial charge in [-0.05, 0) is 96.7 Å². The maximum atomic E-state index is 8.97. The van der Waals surface area contributed by atoms with Crippen LogP contribution in [0.5, 0.6) is 0 Å². The molecule has 5 rings (SSSR count). The molecule has 5 N–H and O–H groups in total. The Morgan fingerprint density at radius 2 is 0.720 bits per heavy atom. The second kappa shape index (κ2) is 34.8. The van der Waals surface area contributed by atoms with Crippen LogP contribution in [-0.2, 0) is 69.3 Å². The summed E-state index contributed by atoms with van der Waals surface area (Å²) in [5, 5.41) is 66.7. The van der Waals surface area contributed by atoms with Crippen molar-refractivity contribution in [3.8, 4) is 0 Å². The third kappa shape index (κ3) is 29.5. The Bertz CT molecular complexity index is 2680. The van der Waals surface area contributed by atoms with E-state index in [0.29, 0.717) is 45.8 Å². The summed E-state index contributed by atoms with van der Waals surface area (Å²) in [5.41, 5.74) is 11.7. The minimum absolute atomic E-state index is 0.0705. The lowest BCUT2D eigenvalue weighted by Gasteiger charge is -2.20. The molecule has 0 aliphatic heterocycles. The quantitative estimate of drug-likeness (QED) is 0.0235. The van der Waals surface area contributed by atoms with E-state index in [0.717, 1.165) is 80.4 Å². The number of rotatable bonds is 23. The highest BCUT2D eigenvalue weighted by Gasteiger charge is 2.23. The normalized spacial score (nSPS) is 12.0. The molecule has 0 fully saturated rings. The van der Waals surface area contributed by atoms with Crippen LogP contribution in [0.25, 0.3) is 0 Å². The first kappa shape index (κ1) is 74.3. The van der Waals surface area contributed by atoms with Crippen LogP contribution < -0.4 is 0 Å². The number of aromatic nitrogens is 10. The van der Waals surface area contributed by atoms with E-state index >= 15 is 0 Å². The predicted octanol–water partition coefficient (Wildman–Crippen LogP) is 13.6. The standard InChI is InChI=1S/C16H28N2O2.C15H26N2O2.C13H20N2O.C11H20N2O.C10H18N2O/c1-13-12-15(16(3,4)5)18(17-13)9-11-20-10-7-6-8-14(2)19;1-12-11-14(15(3,4)5)17(16-12)8-10-19-9-6-7-13(2)18;1-10-9-12(13(3,4)5)15(14-10)8-6-7-11(2)16;1-9-8-10(11(2,3)4)13(12-9)6-5-7-14;1-8-7-9(10(2,3)4)12(11-8)5-6-13/h12,19H,2,6-11H2,1,3-5H3;11,18H,2,6-10H2,1,3-5H3;6-7,9,16H,2,8H2,1,3-5H3;8,14H,5-7H2,1-4H3;7,13H,5-6H2,1-4H3/b;;7-6+;;. The number of allylic oxidation sites excluding steroid dienone is 4. The van der Waals surface area contributed by atoms with E-state index < -0.39 is 0 Å². The fraction of sp³-hybridized carbons (Fsp3) is 0.646. The summed E-state index contributed by atoms with van der Waals surface area (Å²) in [7, 11) is 0. The second-order valence-corrected chi connectivity index (χ2v) is 26.3. The van der Waals surface area contributed by atoms with Crippen molar-refractivity contribution < 1.29 is 35.0 Å². The molecule has 17 nitrogen and oxygen atoms in total. The molecule has 0 aliphatic rings. The molecule has 0 aliphatic carbocycles. The van der Waals surface area contributed by atoms with Crippen molar-refractivity contribution in [3.63, 3.8) is 0 Å². The Morgan fingerprint density at radius 3 is 1.04 bits per heavy atom. The Kier molecular flexibility index (Phi) is 31.5. The van der Waals surface area contributed by atoms with Gasteiger partial charge in [0.25, 0.3) is 0 Å². The van der Waals surface area contributed by atoms with Crippen molar-refractivity contribution >= 4 is 0 Å². The van der Waals surface area contributed by atoms with Gasteiger partial charge < -0.3 is 35.0 Å². The molecule has 5 aromatic heterocycles. The third-order valence-corrected chi connectivity index (χ3v) is 12.4. The number of hydrogen-bond donors (Lipinski definition) is 5. The van der Waals surface area contributed by atoms with Crippen molar-refractivity contribution in [2.24, 2.45) is 0 Å². The van der Waals surface area contributed by atoms with Gasteiger partial charge in [-0.25, -0.2) is 0 Å². The van der Waals surface area contributed by atoms with Crippen molar-refractivity contribution in [1.82, 2.24) is 48.9 Å². The van der Waals surface area contributed by atoms with E-state index in [1.165, 1.54) is 28.5 Å². The maximum absolute atomic E-state index is 8.97. The Labute approximate surface area is 494 Å². The minimum atomic E-state index is 0.0705. The molecule has 0 aromatic carbocycles. The SMILES string of the molecule is C=C(O)/C=C/Cn1nc(C)cc1C(C)(C)C.C=C(O)CCCCOCCn1nc(C)cc1C(C)(C)C.C=C(O)CCCOCCn1nc(C)cc1C(C)(C)C.Cc1cc(C(C)(C)C)n(CCCO)n1.Cc1cc(C(C)(C)C)n(CCO)n1. The zero-order valence-corrected chi connectivity index (χ0v) is 54.7. The fourth-order valence-electron chi connectivity index (χ4n) is 8.59. The van der Waals surface area contributed by atoms with Crippen molar-refractivity contribution in [2.45, 2.75) is 237 Å². The smallest absolute Gasteiger partial charge is 0.108 e. The highest BCUT2D eigenvalue weighted by atomic mass is 16.5. The molecular formula is C65H112N10O7. The van der Waals surface area contributed by atoms with E-state index in [4.69, 9.17) is 35.0 Å². The molecular weight excluding hydrogens is 1030 g/mol. The number of aliphatic hydroxyl groups is 5. The Morgan fingerprint density at radius 1 is 0.415 bits per heavy atom. The minimum Gasteiger partial charge on any atom is -0.513 e. The molecule has 0 saturated carbocycles.